The third-order valence-corrected chi connectivity index (χ3v) is 2.55. The van der Waals surface area contributed by atoms with Crippen LogP contribution in [0.25, 0.3) is 0 Å². The molecule has 2 N–H and O–H groups in total. The van der Waals surface area contributed by atoms with Gasteiger partial charge in [0.1, 0.15) is 5.76 Å². The number of amides is 1. The van der Waals surface area contributed by atoms with Crippen LogP contribution >= 0.6 is 0 Å². The maximum absolute atomic E-state index is 14.1. The molecule has 0 unspecified atom stereocenters. The van der Waals surface area contributed by atoms with Crippen molar-refractivity contribution >= 4 is 17.5 Å². The van der Waals surface area contributed by atoms with Crippen molar-refractivity contribution in [1.29, 1.82) is 0 Å². The monoisotopic (exact) mass is 278 g/mol. The van der Waals surface area contributed by atoms with Gasteiger partial charge in [0, 0.05) is 18.8 Å². The van der Waals surface area contributed by atoms with E-state index in [-0.39, 0.29) is 17.2 Å². The summed E-state index contributed by atoms with van der Waals surface area (Å²) in [6, 6.07) is 2.86. The van der Waals surface area contributed by atoms with Crippen molar-refractivity contribution in [3.05, 3.63) is 35.5 Å². The second kappa shape index (κ2) is 6.14. The van der Waals surface area contributed by atoms with Gasteiger partial charge in [0.2, 0.25) is 0 Å². The molecule has 6 nitrogen and oxygen atoms in total. The number of pyridine rings is 1. The Morgan fingerprint density at radius 3 is 2.95 bits per heavy atom. The summed E-state index contributed by atoms with van der Waals surface area (Å²) in [6.07, 6.45) is 2.21. The molecule has 0 fully saturated rings. The molecule has 106 valence electrons. The van der Waals surface area contributed by atoms with E-state index in [0.29, 0.717) is 12.3 Å². The maximum atomic E-state index is 14.1. The molecule has 7 heteroatoms. The molecule has 0 atom stereocenters. The fourth-order valence-corrected chi connectivity index (χ4v) is 1.59. The Balaban J connectivity index is 2.17. The van der Waals surface area contributed by atoms with Gasteiger partial charge in [0.15, 0.2) is 17.5 Å². The lowest BCUT2D eigenvalue weighted by molar-refractivity contribution is 0.102. The molecule has 0 spiro atoms. The Labute approximate surface area is 115 Å². The standard InChI is InChI=1S/C13H15FN4O2/c1-3-5-15-12-11(14)9(4-6-16-12)13(19)17-10-7-8(2)20-18-10/h4,6-7H,3,5H2,1-2H3,(H,15,16)(H,17,18,19). The summed E-state index contributed by atoms with van der Waals surface area (Å²) in [7, 11) is 0. The number of anilines is 2. The first-order valence-corrected chi connectivity index (χ1v) is 6.25. The zero-order chi connectivity index (χ0) is 14.5. The largest absolute Gasteiger partial charge is 0.368 e. The molecule has 1 amide bonds. The van der Waals surface area contributed by atoms with Crippen molar-refractivity contribution in [1.82, 2.24) is 10.1 Å². The highest BCUT2D eigenvalue weighted by Crippen LogP contribution is 2.17. The topological polar surface area (TPSA) is 80.0 Å². The number of aromatic nitrogens is 2. The highest BCUT2D eigenvalue weighted by Gasteiger charge is 2.17. The van der Waals surface area contributed by atoms with Gasteiger partial charge in [-0.1, -0.05) is 12.1 Å². The van der Waals surface area contributed by atoms with Crippen LogP contribution in [0.2, 0.25) is 0 Å². The molecule has 0 aliphatic rings. The van der Waals surface area contributed by atoms with Crippen molar-refractivity contribution in [3.8, 4) is 0 Å². The summed E-state index contributed by atoms with van der Waals surface area (Å²) in [5.74, 6) is -0.417. The number of halogens is 1. The van der Waals surface area contributed by atoms with E-state index in [2.05, 4.69) is 20.8 Å². The highest BCUT2D eigenvalue weighted by molar-refractivity contribution is 6.04. The molecule has 2 aromatic rings. The van der Waals surface area contributed by atoms with Crippen LogP contribution in [0, 0.1) is 12.7 Å². The predicted octanol–water partition coefficient (Wildman–Crippen LogP) is 2.59. The minimum absolute atomic E-state index is 0.0656. The van der Waals surface area contributed by atoms with Gasteiger partial charge in [-0.15, -0.1) is 0 Å². The predicted molar refractivity (Wildman–Crippen MR) is 72.2 cm³/mol. The number of aryl methyl sites for hydroxylation is 1. The van der Waals surface area contributed by atoms with Crippen molar-refractivity contribution in [3.63, 3.8) is 0 Å². The lowest BCUT2D eigenvalue weighted by Gasteiger charge is -2.08. The van der Waals surface area contributed by atoms with Gasteiger partial charge in [0.25, 0.3) is 5.91 Å². The molecule has 0 aliphatic carbocycles. The Hall–Kier alpha value is -2.44. The minimum Gasteiger partial charge on any atom is -0.368 e. The zero-order valence-corrected chi connectivity index (χ0v) is 11.2. The first-order chi connectivity index (χ1) is 9.61. The van der Waals surface area contributed by atoms with Crippen molar-refractivity contribution < 1.29 is 13.7 Å². The van der Waals surface area contributed by atoms with Crippen LogP contribution in [0.5, 0.6) is 0 Å². The van der Waals surface area contributed by atoms with Gasteiger partial charge in [-0.3, -0.25) is 4.79 Å². The van der Waals surface area contributed by atoms with E-state index in [4.69, 9.17) is 4.52 Å². The SMILES string of the molecule is CCCNc1nccc(C(=O)Nc2cc(C)on2)c1F. The van der Waals surface area contributed by atoms with Gasteiger partial charge in [0.05, 0.1) is 5.56 Å². The number of hydrogen-bond donors (Lipinski definition) is 2. The van der Waals surface area contributed by atoms with Gasteiger partial charge in [-0.25, -0.2) is 9.37 Å². The number of carbonyl (C=O) groups is 1. The molecular formula is C13H15FN4O2. The molecule has 2 heterocycles. The van der Waals surface area contributed by atoms with Crippen LogP contribution < -0.4 is 10.6 Å². The summed E-state index contributed by atoms with van der Waals surface area (Å²) in [5.41, 5.74) is -0.0979. The average molecular weight is 278 g/mol. The van der Waals surface area contributed by atoms with E-state index in [1.54, 1.807) is 13.0 Å². The summed E-state index contributed by atoms with van der Waals surface area (Å²) in [5, 5.41) is 8.91. The van der Waals surface area contributed by atoms with Crippen LogP contribution in [0.4, 0.5) is 16.0 Å². The van der Waals surface area contributed by atoms with E-state index in [1.165, 1.54) is 12.3 Å². The first-order valence-electron chi connectivity index (χ1n) is 6.25. The molecule has 2 aromatic heterocycles. The zero-order valence-electron chi connectivity index (χ0n) is 11.2. The van der Waals surface area contributed by atoms with E-state index < -0.39 is 11.7 Å². The third kappa shape index (κ3) is 3.11. The van der Waals surface area contributed by atoms with Crippen LogP contribution in [0.3, 0.4) is 0 Å². The second-order valence-electron chi connectivity index (χ2n) is 4.22. The minimum atomic E-state index is -0.682. The Bertz CT molecular complexity index is 612. The van der Waals surface area contributed by atoms with E-state index in [9.17, 15) is 9.18 Å². The summed E-state index contributed by atoms with van der Waals surface area (Å²) in [4.78, 5) is 15.9. The van der Waals surface area contributed by atoms with E-state index in [1.807, 2.05) is 6.92 Å². The summed E-state index contributed by atoms with van der Waals surface area (Å²) in [6.45, 7) is 4.23. The average Bonchev–Trinajstić information content (AvgIpc) is 2.83. The first kappa shape index (κ1) is 14.0. The van der Waals surface area contributed by atoms with Gasteiger partial charge in [-0.2, -0.15) is 0 Å². The van der Waals surface area contributed by atoms with Crippen LogP contribution in [-0.2, 0) is 0 Å². The highest BCUT2D eigenvalue weighted by atomic mass is 19.1. The van der Waals surface area contributed by atoms with Crippen molar-refractivity contribution in [2.45, 2.75) is 20.3 Å². The molecule has 0 aromatic carbocycles. The molecule has 2 rings (SSSR count). The quantitative estimate of drug-likeness (QED) is 0.878. The molecule has 0 bridgehead atoms. The number of nitrogens with one attached hydrogen (secondary N) is 2. The lowest BCUT2D eigenvalue weighted by atomic mass is 10.2. The maximum Gasteiger partial charge on any atom is 0.260 e. The number of hydrogen-bond acceptors (Lipinski definition) is 5. The van der Waals surface area contributed by atoms with Crippen molar-refractivity contribution in [2.24, 2.45) is 0 Å². The fourth-order valence-electron chi connectivity index (χ4n) is 1.59. The Kier molecular flexibility index (Phi) is 4.29. The summed E-state index contributed by atoms with van der Waals surface area (Å²) < 4.78 is 18.9. The van der Waals surface area contributed by atoms with Crippen molar-refractivity contribution in [2.75, 3.05) is 17.2 Å². The van der Waals surface area contributed by atoms with Crippen LogP contribution in [0.1, 0.15) is 29.5 Å². The Morgan fingerprint density at radius 2 is 2.30 bits per heavy atom. The molecule has 0 aliphatic heterocycles. The van der Waals surface area contributed by atoms with Crippen LogP contribution in [-0.4, -0.2) is 22.6 Å². The summed E-state index contributed by atoms with van der Waals surface area (Å²) >= 11 is 0. The molecule has 20 heavy (non-hydrogen) atoms. The number of carbonyl (C=O) groups excluding carboxylic acids is 1. The fraction of sp³-hybridized carbons (Fsp3) is 0.308. The number of nitrogens with zero attached hydrogens (tertiary/aromatic N) is 2. The number of rotatable bonds is 5. The van der Waals surface area contributed by atoms with Gasteiger partial charge < -0.3 is 15.2 Å². The molecule has 0 radical (unpaired) electrons. The second-order valence-corrected chi connectivity index (χ2v) is 4.22. The van der Waals surface area contributed by atoms with Gasteiger partial charge in [-0.05, 0) is 19.4 Å². The van der Waals surface area contributed by atoms with Gasteiger partial charge >= 0.3 is 0 Å². The molecule has 0 saturated carbocycles. The van der Waals surface area contributed by atoms with E-state index >= 15 is 0 Å². The van der Waals surface area contributed by atoms with Crippen LogP contribution in [0.15, 0.2) is 22.9 Å². The Morgan fingerprint density at radius 1 is 1.50 bits per heavy atom. The smallest absolute Gasteiger partial charge is 0.260 e. The lowest BCUT2D eigenvalue weighted by Crippen LogP contribution is -2.16. The molecular weight excluding hydrogens is 263 g/mol. The third-order valence-electron chi connectivity index (χ3n) is 2.55. The van der Waals surface area contributed by atoms with E-state index in [0.717, 1.165) is 6.42 Å². The normalized spacial score (nSPS) is 10.3. The molecule has 0 saturated heterocycles.